The number of rotatable bonds is 6. The molecular formula is C37H56FN. The number of benzene rings is 2. The largest absolute Gasteiger partial charge is 0.362 e. The van der Waals surface area contributed by atoms with E-state index in [1.54, 1.807) is 26.1 Å². The molecule has 1 nitrogen and oxygen atoms in total. The maximum atomic E-state index is 13.3. The van der Waals surface area contributed by atoms with Gasteiger partial charge in [-0.25, -0.2) is 4.39 Å². The first-order valence-corrected chi connectivity index (χ1v) is 13.8. The van der Waals surface area contributed by atoms with Crippen LogP contribution < -0.4 is 5.32 Å². The molecule has 0 radical (unpaired) electrons. The average Bonchev–Trinajstić information content (AvgIpc) is 2.87. The van der Waals surface area contributed by atoms with Crippen molar-refractivity contribution in [2.45, 2.75) is 94.2 Å². The van der Waals surface area contributed by atoms with Crippen molar-refractivity contribution in [3.8, 4) is 0 Å². The number of allylic oxidation sites excluding steroid dienone is 6. The fraction of sp³-hybridized carbons (Fsp3) is 0.378. The van der Waals surface area contributed by atoms with E-state index >= 15 is 0 Å². The fourth-order valence-corrected chi connectivity index (χ4v) is 2.75. The third-order valence-corrected chi connectivity index (χ3v) is 4.73. The van der Waals surface area contributed by atoms with E-state index in [9.17, 15) is 4.39 Å². The first kappa shape index (κ1) is 40.2. The monoisotopic (exact) mass is 533 g/mol. The topological polar surface area (TPSA) is 12.0 Å². The van der Waals surface area contributed by atoms with Crippen LogP contribution in [0.25, 0.3) is 0 Å². The zero-order chi connectivity index (χ0) is 31.1. The van der Waals surface area contributed by atoms with Gasteiger partial charge in [-0.2, -0.15) is 0 Å². The standard InChI is InChI=1S/C12H17N.C11H14.C10H13F.2C2H6/c1-5-13-11-8-6-7-10(9-11)12(2,3)4;1-5-7-11(4)9-6-8-10(2)3;1-8-5-4-6-9(7-8)10(2,3)11;2*1-2/h5-9,13H,1H2,2-4H3;6-9H,1,4H2,2-3H3;4-7H,1-3H3;2*1-2H3/b;9-6-;;;. The van der Waals surface area contributed by atoms with E-state index in [1.807, 2.05) is 83.2 Å². The minimum absolute atomic E-state index is 0.207. The first-order chi connectivity index (χ1) is 18.2. The number of alkyl halides is 1. The molecule has 0 aliphatic heterocycles. The molecule has 0 aromatic heterocycles. The lowest BCUT2D eigenvalue weighted by molar-refractivity contribution is 0.221. The van der Waals surface area contributed by atoms with Gasteiger partial charge in [-0.3, -0.25) is 0 Å². The van der Waals surface area contributed by atoms with Crippen LogP contribution in [-0.4, -0.2) is 0 Å². The van der Waals surface area contributed by atoms with Crippen molar-refractivity contribution in [1.82, 2.24) is 0 Å². The molecule has 39 heavy (non-hydrogen) atoms. The lowest BCUT2D eigenvalue weighted by Crippen LogP contribution is -2.10. The quantitative estimate of drug-likeness (QED) is 0.287. The molecule has 0 amide bonds. The van der Waals surface area contributed by atoms with Gasteiger partial charge in [-0.15, -0.1) is 5.73 Å². The molecule has 2 heteroatoms. The lowest BCUT2D eigenvalue weighted by atomic mass is 9.87. The van der Waals surface area contributed by atoms with Gasteiger partial charge in [0.25, 0.3) is 0 Å². The summed E-state index contributed by atoms with van der Waals surface area (Å²) in [5.41, 5.74) is 8.12. The molecule has 0 saturated carbocycles. The van der Waals surface area contributed by atoms with Crippen LogP contribution in [0.15, 0.2) is 116 Å². The smallest absolute Gasteiger partial charge is 0.130 e. The molecule has 0 unspecified atom stereocenters. The Morgan fingerprint density at radius 1 is 0.897 bits per heavy atom. The second kappa shape index (κ2) is 22.6. The van der Waals surface area contributed by atoms with Crippen molar-refractivity contribution in [2.24, 2.45) is 0 Å². The van der Waals surface area contributed by atoms with Crippen LogP contribution >= 0.6 is 0 Å². The molecule has 0 bridgehead atoms. The number of hydrogen-bond donors (Lipinski definition) is 1. The van der Waals surface area contributed by atoms with Crippen LogP contribution in [0.4, 0.5) is 10.1 Å². The summed E-state index contributed by atoms with van der Waals surface area (Å²) >= 11 is 0. The normalized spacial score (nSPS) is 9.77. The number of aryl methyl sites for hydroxylation is 1. The third-order valence-electron chi connectivity index (χ3n) is 4.73. The van der Waals surface area contributed by atoms with Crippen LogP contribution in [0.1, 0.15) is 92.9 Å². The van der Waals surface area contributed by atoms with Crippen LogP contribution in [0.5, 0.6) is 0 Å². The van der Waals surface area contributed by atoms with Crippen molar-refractivity contribution >= 4 is 5.69 Å². The zero-order valence-electron chi connectivity index (χ0n) is 27.0. The second-order valence-electron chi connectivity index (χ2n) is 10.0. The minimum Gasteiger partial charge on any atom is -0.362 e. The summed E-state index contributed by atoms with van der Waals surface area (Å²) < 4.78 is 13.3. The van der Waals surface area contributed by atoms with Crippen LogP contribution in [0, 0.1) is 6.92 Å². The lowest BCUT2D eigenvalue weighted by Gasteiger charge is -2.19. The number of anilines is 1. The summed E-state index contributed by atoms with van der Waals surface area (Å²) in [6.07, 6.45) is 9.36. The Hall–Kier alpha value is -3.35. The predicted octanol–water partition coefficient (Wildman–Crippen LogP) is 12.2. The van der Waals surface area contributed by atoms with Crippen LogP contribution in [-0.2, 0) is 11.1 Å². The van der Waals surface area contributed by atoms with Crippen LogP contribution in [0.2, 0.25) is 0 Å². The van der Waals surface area contributed by atoms with Gasteiger partial charge in [0.2, 0.25) is 0 Å². The molecular weight excluding hydrogens is 477 g/mol. The third kappa shape index (κ3) is 22.4. The predicted molar refractivity (Wildman–Crippen MR) is 178 cm³/mol. The highest BCUT2D eigenvalue weighted by Crippen LogP contribution is 2.25. The molecule has 0 heterocycles. The highest BCUT2D eigenvalue weighted by molar-refractivity contribution is 5.48. The van der Waals surface area contributed by atoms with E-state index in [-0.39, 0.29) is 5.41 Å². The molecule has 1 N–H and O–H groups in total. The summed E-state index contributed by atoms with van der Waals surface area (Å²) in [4.78, 5) is 0. The average molecular weight is 534 g/mol. The second-order valence-corrected chi connectivity index (χ2v) is 10.0. The highest BCUT2D eigenvalue weighted by atomic mass is 19.1. The van der Waals surface area contributed by atoms with Gasteiger partial charge >= 0.3 is 0 Å². The molecule has 216 valence electrons. The maximum Gasteiger partial charge on any atom is 0.130 e. The molecule has 0 aliphatic carbocycles. The van der Waals surface area contributed by atoms with Gasteiger partial charge in [-0.05, 0) is 81.1 Å². The summed E-state index contributed by atoms with van der Waals surface area (Å²) in [7, 11) is 0. The van der Waals surface area contributed by atoms with Crippen molar-refractivity contribution in [1.29, 1.82) is 0 Å². The van der Waals surface area contributed by atoms with E-state index in [1.165, 1.54) is 11.1 Å². The van der Waals surface area contributed by atoms with Crippen molar-refractivity contribution in [3.05, 3.63) is 132 Å². The Bertz CT molecular complexity index is 1050. The van der Waals surface area contributed by atoms with Crippen molar-refractivity contribution in [2.75, 3.05) is 5.32 Å². The minimum atomic E-state index is -1.22. The summed E-state index contributed by atoms with van der Waals surface area (Å²) in [6.45, 7) is 34.7. The number of nitrogens with one attached hydrogen (secondary N) is 1. The Labute approximate surface area is 241 Å². The molecule has 0 aliphatic rings. The molecule has 2 rings (SSSR count). The SMILES string of the molecule is C=C=CC(=C)/C=C\C=C(C)C.C=CNc1cccc(C(C)(C)C)c1.CC.CC.Cc1cccc(C(C)(C)F)c1. The molecule has 0 atom stereocenters. The molecule has 0 fully saturated rings. The summed E-state index contributed by atoms with van der Waals surface area (Å²) in [5, 5.41) is 3.08. The van der Waals surface area contributed by atoms with E-state index in [0.717, 1.165) is 22.4 Å². The zero-order valence-corrected chi connectivity index (χ0v) is 27.0. The van der Waals surface area contributed by atoms with E-state index in [0.29, 0.717) is 0 Å². The Morgan fingerprint density at radius 3 is 1.85 bits per heavy atom. The van der Waals surface area contributed by atoms with E-state index in [4.69, 9.17) is 0 Å². The van der Waals surface area contributed by atoms with Gasteiger partial charge in [0.1, 0.15) is 5.67 Å². The van der Waals surface area contributed by atoms with Crippen molar-refractivity contribution < 1.29 is 4.39 Å². The summed E-state index contributed by atoms with van der Waals surface area (Å²) in [6, 6.07) is 15.9. The molecule has 2 aromatic rings. The Balaban J connectivity index is -0.000000469. The highest BCUT2D eigenvalue weighted by Gasteiger charge is 2.17. The Morgan fingerprint density at radius 2 is 1.44 bits per heavy atom. The summed E-state index contributed by atoms with van der Waals surface area (Å²) in [5.74, 6) is 0. The number of halogens is 1. The fourth-order valence-electron chi connectivity index (χ4n) is 2.75. The van der Waals surface area contributed by atoms with Crippen LogP contribution in [0.3, 0.4) is 0 Å². The molecule has 0 saturated heterocycles. The van der Waals surface area contributed by atoms with E-state index in [2.05, 4.69) is 83.6 Å². The Kier molecular flexibility index (Phi) is 23.3. The van der Waals surface area contributed by atoms with Gasteiger partial charge < -0.3 is 5.32 Å². The van der Waals surface area contributed by atoms with Gasteiger partial charge in [0.05, 0.1) is 0 Å². The van der Waals surface area contributed by atoms with Gasteiger partial charge in [0.15, 0.2) is 0 Å². The van der Waals surface area contributed by atoms with Gasteiger partial charge in [-0.1, -0.05) is 134 Å². The van der Waals surface area contributed by atoms with Gasteiger partial charge in [0, 0.05) is 5.69 Å². The van der Waals surface area contributed by atoms with E-state index < -0.39 is 5.67 Å². The molecule has 2 aromatic carbocycles. The maximum absolute atomic E-state index is 13.3. The first-order valence-electron chi connectivity index (χ1n) is 13.8. The number of hydrogen-bond acceptors (Lipinski definition) is 1. The molecule has 0 spiro atoms. The van der Waals surface area contributed by atoms with Crippen molar-refractivity contribution in [3.63, 3.8) is 0 Å².